The second-order valence-corrected chi connectivity index (χ2v) is 1.92. The van der Waals surface area contributed by atoms with Crippen LogP contribution in [-0.2, 0) is 0 Å². The third kappa shape index (κ3) is 7.40. The smallest absolute Gasteiger partial charge is 0.0905 e. The zero-order valence-electron chi connectivity index (χ0n) is 5.73. The SMILES string of the molecule is CC(N)=NCCCCF. The van der Waals surface area contributed by atoms with Gasteiger partial charge in [-0.05, 0) is 19.8 Å². The average molecular weight is 132 g/mol. The Labute approximate surface area is 55.0 Å². The molecule has 0 aliphatic heterocycles. The first-order chi connectivity index (χ1) is 4.27. The number of hydrogen-bond acceptors (Lipinski definition) is 1. The number of alkyl halides is 1. The molecule has 0 saturated heterocycles. The van der Waals surface area contributed by atoms with E-state index >= 15 is 0 Å². The molecule has 0 aromatic heterocycles. The number of rotatable bonds is 4. The van der Waals surface area contributed by atoms with E-state index in [-0.39, 0.29) is 6.67 Å². The summed E-state index contributed by atoms with van der Waals surface area (Å²) in [6, 6.07) is 0. The molecule has 9 heavy (non-hydrogen) atoms. The Morgan fingerprint density at radius 2 is 2.22 bits per heavy atom. The third-order valence-corrected chi connectivity index (χ3v) is 0.903. The van der Waals surface area contributed by atoms with Gasteiger partial charge in [0.25, 0.3) is 0 Å². The molecule has 0 aromatic rings. The van der Waals surface area contributed by atoms with Crippen LogP contribution in [0.15, 0.2) is 4.99 Å². The molecule has 0 spiro atoms. The van der Waals surface area contributed by atoms with Crippen molar-refractivity contribution in [1.29, 1.82) is 0 Å². The van der Waals surface area contributed by atoms with Crippen molar-refractivity contribution in [1.82, 2.24) is 0 Å². The van der Waals surface area contributed by atoms with Crippen molar-refractivity contribution >= 4 is 5.84 Å². The first kappa shape index (κ1) is 8.40. The largest absolute Gasteiger partial charge is 0.388 e. The fourth-order valence-corrected chi connectivity index (χ4v) is 0.462. The van der Waals surface area contributed by atoms with Crippen LogP contribution in [-0.4, -0.2) is 19.1 Å². The summed E-state index contributed by atoms with van der Waals surface area (Å²) in [7, 11) is 0. The molecule has 0 amide bonds. The van der Waals surface area contributed by atoms with Crippen molar-refractivity contribution in [3.05, 3.63) is 0 Å². The summed E-state index contributed by atoms with van der Waals surface area (Å²) in [5.74, 6) is 0.578. The molecule has 54 valence electrons. The number of amidine groups is 1. The quantitative estimate of drug-likeness (QED) is 0.347. The molecule has 2 N–H and O–H groups in total. The first-order valence-electron chi connectivity index (χ1n) is 3.10. The van der Waals surface area contributed by atoms with Crippen molar-refractivity contribution < 1.29 is 4.39 Å². The molecule has 0 fully saturated rings. The Bertz CT molecular complexity index is 87.1. The Balaban J connectivity index is 3.00. The first-order valence-corrected chi connectivity index (χ1v) is 3.10. The van der Waals surface area contributed by atoms with Gasteiger partial charge in [-0.2, -0.15) is 0 Å². The van der Waals surface area contributed by atoms with Crippen LogP contribution in [0, 0.1) is 0 Å². The highest BCUT2D eigenvalue weighted by Crippen LogP contribution is 1.89. The number of unbranched alkanes of at least 4 members (excludes halogenated alkanes) is 1. The van der Waals surface area contributed by atoms with Crippen LogP contribution < -0.4 is 5.73 Å². The van der Waals surface area contributed by atoms with E-state index in [1.165, 1.54) is 0 Å². The van der Waals surface area contributed by atoms with Gasteiger partial charge in [-0.25, -0.2) is 0 Å². The zero-order chi connectivity index (χ0) is 7.11. The molecule has 0 aromatic carbocycles. The Morgan fingerprint density at radius 1 is 1.56 bits per heavy atom. The molecule has 2 nitrogen and oxygen atoms in total. The van der Waals surface area contributed by atoms with Gasteiger partial charge in [0.15, 0.2) is 0 Å². The average Bonchev–Trinajstić information content (AvgIpc) is 1.80. The highest BCUT2D eigenvalue weighted by molar-refractivity contribution is 5.77. The summed E-state index contributed by atoms with van der Waals surface area (Å²) in [6.45, 7) is 2.14. The lowest BCUT2D eigenvalue weighted by Crippen LogP contribution is -2.05. The van der Waals surface area contributed by atoms with Crippen LogP contribution in [0.3, 0.4) is 0 Å². The maximum atomic E-state index is 11.4. The maximum absolute atomic E-state index is 11.4. The van der Waals surface area contributed by atoms with Crippen LogP contribution in [0.2, 0.25) is 0 Å². The standard InChI is InChI=1S/C6H13FN2/c1-6(8)9-5-3-2-4-7/h2-5H2,1H3,(H2,8,9). The molecule has 0 aliphatic carbocycles. The molecule has 0 bridgehead atoms. The molecule has 0 heterocycles. The second-order valence-electron chi connectivity index (χ2n) is 1.92. The van der Waals surface area contributed by atoms with Crippen molar-refractivity contribution in [2.75, 3.05) is 13.2 Å². The van der Waals surface area contributed by atoms with Gasteiger partial charge in [-0.3, -0.25) is 9.38 Å². The second kappa shape index (κ2) is 5.54. The van der Waals surface area contributed by atoms with E-state index in [0.29, 0.717) is 18.8 Å². The Hall–Kier alpha value is -0.600. The monoisotopic (exact) mass is 132 g/mol. The summed E-state index contributed by atoms with van der Waals surface area (Å²) in [5.41, 5.74) is 5.23. The van der Waals surface area contributed by atoms with Crippen LogP contribution in [0.25, 0.3) is 0 Å². The van der Waals surface area contributed by atoms with E-state index in [9.17, 15) is 4.39 Å². The van der Waals surface area contributed by atoms with Crippen LogP contribution in [0.5, 0.6) is 0 Å². The fourth-order valence-electron chi connectivity index (χ4n) is 0.462. The molecule has 0 radical (unpaired) electrons. The van der Waals surface area contributed by atoms with E-state index in [2.05, 4.69) is 4.99 Å². The highest BCUT2D eigenvalue weighted by atomic mass is 19.1. The minimum absolute atomic E-state index is 0.251. The minimum Gasteiger partial charge on any atom is -0.388 e. The van der Waals surface area contributed by atoms with Crippen LogP contribution in [0.1, 0.15) is 19.8 Å². The number of nitrogens with two attached hydrogens (primary N) is 1. The molecule has 3 heteroatoms. The predicted octanol–water partition coefficient (Wildman–Crippen LogP) is 1.11. The fraction of sp³-hybridized carbons (Fsp3) is 0.833. The van der Waals surface area contributed by atoms with Gasteiger partial charge in [0.2, 0.25) is 0 Å². The van der Waals surface area contributed by atoms with Gasteiger partial charge in [-0.15, -0.1) is 0 Å². The van der Waals surface area contributed by atoms with Crippen molar-refractivity contribution in [3.63, 3.8) is 0 Å². The van der Waals surface area contributed by atoms with Crippen molar-refractivity contribution in [2.24, 2.45) is 10.7 Å². The molecular formula is C6H13FN2. The van der Waals surface area contributed by atoms with Gasteiger partial charge in [0.05, 0.1) is 12.5 Å². The van der Waals surface area contributed by atoms with E-state index < -0.39 is 0 Å². The Kier molecular flexibility index (Phi) is 5.17. The number of hydrogen-bond donors (Lipinski definition) is 1. The molecule has 0 saturated carbocycles. The summed E-state index contributed by atoms with van der Waals surface area (Å²) >= 11 is 0. The molecule has 0 aliphatic rings. The van der Waals surface area contributed by atoms with Crippen LogP contribution in [0.4, 0.5) is 4.39 Å². The molecule has 0 atom stereocenters. The van der Waals surface area contributed by atoms with Gasteiger partial charge in [-0.1, -0.05) is 0 Å². The van der Waals surface area contributed by atoms with Gasteiger partial charge < -0.3 is 5.73 Å². The number of aliphatic imine (C=N–C) groups is 1. The van der Waals surface area contributed by atoms with E-state index in [4.69, 9.17) is 5.73 Å². The lowest BCUT2D eigenvalue weighted by Gasteiger charge is -1.91. The highest BCUT2D eigenvalue weighted by Gasteiger charge is 1.83. The maximum Gasteiger partial charge on any atom is 0.0905 e. The summed E-state index contributed by atoms with van der Waals surface area (Å²) in [5, 5.41) is 0. The van der Waals surface area contributed by atoms with Crippen molar-refractivity contribution in [3.8, 4) is 0 Å². The summed E-state index contributed by atoms with van der Waals surface area (Å²) < 4.78 is 11.4. The number of nitrogens with zero attached hydrogens (tertiary/aromatic N) is 1. The van der Waals surface area contributed by atoms with Gasteiger partial charge in [0.1, 0.15) is 0 Å². The van der Waals surface area contributed by atoms with Gasteiger partial charge in [0, 0.05) is 6.54 Å². The van der Waals surface area contributed by atoms with Gasteiger partial charge >= 0.3 is 0 Å². The number of halogens is 1. The van der Waals surface area contributed by atoms with E-state index in [1.54, 1.807) is 6.92 Å². The van der Waals surface area contributed by atoms with Crippen molar-refractivity contribution in [2.45, 2.75) is 19.8 Å². The Morgan fingerprint density at radius 3 is 2.67 bits per heavy atom. The third-order valence-electron chi connectivity index (χ3n) is 0.903. The lowest BCUT2D eigenvalue weighted by molar-refractivity contribution is 0.464. The minimum atomic E-state index is -0.251. The normalized spacial score (nSPS) is 12.0. The summed E-state index contributed by atoms with van der Waals surface area (Å²) in [4.78, 5) is 3.89. The molecule has 0 unspecified atom stereocenters. The topological polar surface area (TPSA) is 38.4 Å². The van der Waals surface area contributed by atoms with E-state index in [0.717, 1.165) is 6.42 Å². The zero-order valence-corrected chi connectivity index (χ0v) is 5.73. The lowest BCUT2D eigenvalue weighted by atomic mass is 10.3. The predicted molar refractivity (Wildman–Crippen MR) is 37.4 cm³/mol. The summed E-state index contributed by atoms with van der Waals surface area (Å²) in [6.07, 6.45) is 1.39. The molecular weight excluding hydrogens is 119 g/mol. The molecule has 0 rings (SSSR count). The van der Waals surface area contributed by atoms with Crippen LogP contribution >= 0.6 is 0 Å². The van der Waals surface area contributed by atoms with E-state index in [1.807, 2.05) is 0 Å².